The number of aromatic amines is 1. The third kappa shape index (κ3) is 2.78. The van der Waals surface area contributed by atoms with Gasteiger partial charge in [-0.15, -0.1) is 0 Å². The maximum absolute atomic E-state index is 12.5. The minimum atomic E-state index is -0.505. The zero-order valence-corrected chi connectivity index (χ0v) is 12.7. The molecule has 3 rings (SSSR count). The predicted octanol–water partition coefficient (Wildman–Crippen LogP) is 2.49. The predicted molar refractivity (Wildman–Crippen MR) is 88.0 cm³/mol. The maximum Gasteiger partial charge on any atom is 0.262 e. The van der Waals surface area contributed by atoms with Gasteiger partial charge < -0.3 is 15.0 Å². The van der Waals surface area contributed by atoms with Crippen LogP contribution in [0.2, 0.25) is 0 Å². The van der Waals surface area contributed by atoms with Crippen molar-refractivity contribution in [1.82, 2.24) is 9.97 Å². The number of methoxy groups -OCH3 is 1. The number of aromatic nitrogens is 2. The molecule has 2 N–H and O–H groups in total. The van der Waals surface area contributed by atoms with Crippen LogP contribution in [0.1, 0.15) is 15.9 Å². The van der Waals surface area contributed by atoms with Crippen molar-refractivity contribution in [2.24, 2.45) is 0 Å². The number of carbonyl (C=O) groups excluding carboxylic acids is 1. The number of carbonyl (C=O) groups is 1. The van der Waals surface area contributed by atoms with Crippen LogP contribution in [0.4, 0.5) is 5.82 Å². The first-order valence-corrected chi connectivity index (χ1v) is 7.02. The number of aryl methyl sites for hydroxylation is 1. The van der Waals surface area contributed by atoms with E-state index in [4.69, 9.17) is 4.74 Å². The molecule has 0 atom stereocenters. The van der Waals surface area contributed by atoms with Gasteiger partial charge in [0.05, 0.1) is 18.0 Å². The van der Waals surface area contributed by atoms with Crippen LogP contribution in [0, 0.1) is 6.92 Å². The van der Waals surface area contributed by atoms with Gasteiger partial charge in [-0.1, -0.05) is 6.07 Å². The molecule has 2 heterocycles. The highest BCUT2D eigenvalue weighted by Gasteiger charge is 2.15. The Labute approximate surface area is 132 Å². The molecular formula is C17H15N3O3. The van der Waals surface area contributed by atoms with Gasteiger partial charge >= 0.3 is 0 Å². The highest BCUT2D eigenvalue weighted by atomic mass is 16.5. The molecular weight excluding hydrogens is 294 g/mol. The summed E-state index contributed by atoms with van der Waals surface area (Å²) in [5.41, 5.74) is 1.19. The largest absolute Gasteiger partial charge is 0.495 e. The van der Waals surface area contributed by atoms with Crippen molar-refractivity contribution in [3.8, 4) is 5.75 Å². The molecule has 6 heteroatoms. The summed E-state index contributed by atoms with van der Waals surface area (Å²) in [6, 6.07) is 8.66. The second kappa shape index (κ2) is 5.92. The van der Waals surface area contributed by atoms with E-state index >= 15 is 0 Å². The van der Waals surface area contributed by atoms with Crippen molar-refractivity contribution < 1.29 is 9.53 Å². The molecule has 0 radical (unpaired) electrons. The second-order valence-electron chi connectivity index (χ2n) is 5.09. The zero-order valence-electron chi connectivity index (χ0n) is 12.7. The lowest BCUT2D eigenvalue weighted by molar-refractivity contribution is 0.102. The van der Waals surface area contributed by atoms with Crippen LogP contribution in [0.3, 0.4) is 0 Å². The van der Waals surface area contributed by atoms with Gasteiger partial charge in [0.15, 0.2) is 0 Å². The van der Waals surface area contributed by atoms with Crippen LogP contribution in [0.25, 0.3) is 10.9 Å². The first kappa shape index (κ1) is 14.8. The van der Waals surface area contributed by atoms with E-state index in [1.165, 1.54) is 13.3 Å². The Hall–Kier alpha value is -3.15. The van der Waals surface area contributed by atoms with Crippen molar-refractivity contribution in [2.45, 2.75) is 6.92 Å². The Bertz CT molecular complexity index is 947. The van der Waals surface area contributed by atoms with Crippen molar-refractivity contribution in [1.29, 1.82) is 0 Å². The Morgan fingerprint density at radius 3 is 2.87 bits per heavy atom. The molecule has 3 aromatic rings. The Kier molecular flexibility index (Phi) is 3.80. The van der Waals surface area contributed by atoms with Gasteiger partial charge in [0.1, 0.15) is 17.1 Å². The molecule has 1 aromatic carbocycles. The molecule has 0 aliphatic rings. The molecule has 0 aliphatic heterocycles. The highest BCUT2D eigenvalue weighted by molar-refractivity contribution is 6.05. The number of fused-ring (bicyclic) bond motifs is 1. The number of amides is 1. The van der Waals surface area contributed by atoms with E-state index in [0.29, 0.717) is 22.5 Å². The van der Waals surface area contributed by atoms with Gasteiger partial charge in [0, 0.05) is 12.4 Å². The summed E-state index contributed by atoms with van der Waals surface area (Å²) in [5.74, 6) is 0.445. The summed E-state index contributed by atoms with van der Waals surface area (Å²) in [5, 5.41) is 3.03. The number of H-pyrrole nitrogens is 1. The number of para-hydroxylation sites is 1. The first-order valence-electron chi connectivity index (χ1n) is 7.02. The minimum Gasteiger partial charge on any atom is -0.495 e. The van der Waals surface area contributed by atoms with E-state index in [1.54, 1.807) is 30.5 Å². The number of nitrogens with zero attached hydrogens (tertiary/aromatic N) is 1. The van der Waals surface area contributed by atoms with Gasteiger partial charge in [-0.25, -0.2) is 4.98 Å². The molecule has 2 aromatic heterocycles. The third-order valence-electron chi connectivity index (χ3n) is 3.50. The number of benzene rings is 1. The molecule has 6 nitrogen and oxygen atoms in total. The lowest BCUT2D eigenvalue weighted by atomic mass is 10.1. The summed E-state index contributed by atoms with van der Waals surface area (Å²) >= 11 is 0. The fraction of sp³-hybridized carbons (Fsp3) is 0.118. The zero-order chi connectivity index (χ0) is 16.4. The summed E-state index contributed by atoms with van der Waals surface area (Å²) < 4.78 is 5.21. The number of anilines is 1. The van der Waals surface area contributed by atoms with Gasteiger partial charge in [-0.3, -0.25) is 9.59 Å². The topological polar surface area (TPSA) is 84.1 Å². The standard InChI is InChI=1S/C17H15N3O3/c1-10-6-7-18-14(8-10)20-17(22)12-9-19-15-11(16(12)21)4-3-5-13(15)23-2/h3-9H,1-2H3,(H,19,21)(H,18,20,22). The molecule has 116 valence electrons. The maximum atomic E-state index is 12.5. The molecule has 0 saturated carbocycles. The molecule has 0 spiro atoms. The lowest BCUT2D eigenvalue weighted by Gasteiger charge is -2.08. The molecule has 0 bridgehead atoms. The summed E-state index contributed by atoms with van der Waals surface area (Å²) in [6.07, 6.45) is 2.98. The molecule has 0 unspecified atom stereocenters. The Morgan fingerprint density at radius 2 is 2.13 bits per heavy atom. The Balaban J connectivity index is 2.01. The van der Waals surface area contributed by atoms with Crippen LogP contribution in [-0.4, -0.2) is 23.0 Å². The van der Waals surface area contributed by atoms with Crippen molar-refractivity contribution >= 4 is 22.6 Å². The number of rotatable bonds is 3. The summed E-state index contributed by atoms with van der Waals surface area (Å²) in [4.78, 5) is 31.9. The number of nitrogens with one attached hydrogen (secondary N) is 2. The van der Waals surface area contributed by atoms with Gasteiger partial charge in [0.25, 0.3) is 5.91 Å². The summed E-state index contributed by atoms with van der Waals surface area (Å²) in [7, 11) is 1.52. The molecule has 1 amide bonds. The van der Waals surface area contributed by atoms with E-state index in [9.17, 15) is 9.59 Å². The lowest BCUT2D eigenvalue weighted by Crippen LogP contribution is -2.22. The SMILES string of the molecule is COc1cccc2c(=O)c(C(=O)Nc3cc(C)ccn3)c[nH]c12. The average molecular weight is 309 g/mol. The number of ether oxygens (including phenoxy) is 1. The summed E-state index contributed by atoms with van der Waals surface area (Å²) in [6.45, 7) is 1.90. The normalized spacial score (nSPS) is 10.5. The second-order valence-corrected chi connectivity index (χ2v) is 5.09. The Morgan fingerprint density at radius 1 is 1.30 bits per heavy atom. The first-order chi connectivity index (χ1) is 11.1. The fourth-order valence-corrected chi connectivity index (χ4v) is 2.35. The van der Waals surface area contributed by atoms with Crippen LogP contribution >= 0.6 is 0 Å². The van der Waals surface area contributed by atoms with Crippen molar-refractivity contribution in [2.75, 3.05) is 12.4 Å². The molecule has 0 saturated heterocycles. The van der Waals surface area contributed by atoms with Gasteiger partial charge in [-0.05, 0) is 36.8 Å². The number of pyridine rings is 2. The molecule has 0 aliphatic carbocycles. The average Bonchev–Trinajstić information content (AvgIpc) is 2.54. The monoisotopic (exact) mass is 309 g/mol. The molecule has 0 fully saturated rings. The van der Waals surface area contributed by atoms with Gasteiger partial charge in [-0.2, -0.15) is 0 Å². The van der Waals surface area contributed by atoms with E-state index in [-0.39, 0.29) is 11.0 Å². The highest BCUT2D eigenvalue weighted by Crippen LogP contribution is 2.21. The van der Waals surface area contributed by atoms with E-state index < -0.39 is 5.91 Å². The van der Waals surface area contributed by atoms with Crippen molar-refractivity contribution in [3.05, 3.63) is 64.1 Å². The fourth-order valence-electron chi connectivity index (χ4n) is 2.35. The van der Waals surface area contributed by atoms with Crippen molar-refractivity contribution in [3.63, 3.8) is 0 Å². The van der Waals surface area contributed by atoms with E-state index in [0.717, 1.165) is 5.56 Å². The smallest absolute Gasteiger partial charge is 0.262 e. The van der Waals surface area contributed by atoms with Crippen LogP contribution in [0.5, 0.6) is 5.75 Å². The minimum absolute atomic E-state index is 0.0223. The number of hydrogen-bond acceptors (Lipinski definition) is 4. The van der Waals surface area contributed by atoms with E-state index in [1.807, 2.05) is 13.0 Å². The van der Waals surface area contributed by atoms with Crippen LogP contribution < -0.4 is 15.5 Å². The third-order valence-corrected chi connectivity index (χ3v) is 3.50. The van der Waals surface area contributed by atoms with Gasteiger partial charge in [0.2, 0.25) is 5.43 Å². The molecule has 23 heavy (non-hydrogen) atoms. The van der Waals surface area contributed by atoms with Crippen LogP contribution in [0.15, 0.2) is 47.5 Å². The van der Waals surface area contributed by atoms with E-state index in [2.05, 4.69) is 15.3 Å². The van der Waals surface area contributed by atoms with Crippen LogP contribution in [-0.2, 0) is 0 Å². The quantitative estimate of drug-likeness (QED) is 0.778. The number of hydrogen-bond donors (Lipinski definition) is 2.